The Morgan fingerprint density at radius 2 is 2.15 bits per heavy atom. The van der Waals surface area contributed by atoms with Crippen molar-refractivity contribution in [2.45, 2.75) is 32.7 Å². The number of hydrogen-bond donors (Lipinski definition) is 1. The van der Waals surface area contributed by atoms with E-state index in [0.717, 1.165) is 28.9 Å². The predicted octanol–water partition coefficient (Wildman–Crippen LogP) is 5.76. The zero-order chi connectivity index (χ0) is 14.5. The van der Waals surface area contributed by atoms with Crippen LogP contribution in [-0.2, 0) is 6.42 Å². The lowest BCUT2D eigenvalue weighted by molar-refractivity contribution is 0.535. The molecule has 1 unspecified atom stereocenters. The zero-order valence-electron chi connectivity index (χ0n) is 11.7. The molecule has 0 radical (unpaired) electrons. The topological polar surface area (TPSA) is 12.0 Å². The van der Waals surface area contributed by atoms with Gasteiger partial charge in [0.1, 0.15) is 0 Å². The molecule has 1 aromatic heterocycles. The highest BCUT2D eigenvalue weighted by Crippen LogP contribution is 2.30. The van der Waals surface area contributed by atoms with Gasteiger partial charge < -0.3 is 5.32 Å². The molecule has 0 saturated heterocycles. The predicted molar refractivity (Wildman–Crippen MR) is 92.9 cm³/mol. The van der Waals surface area contributed by atoms with Crippen molar-refractivity contribution in [3.05, 3.63) is 55.1 Å². The van der Waals surface area contributed by atoms with Gasteiger partial charge in [0.05, 0.1) is 0 Å². The lowest BCUT2D eigenvalue weighted by Gasteiger charge is -2.19. The Kier molecular flexibility index (Phi) is 6.09. The average Bonchev–Trinajstić information content (AvgIpc) is 2.83. The van der Waals surface area contributed by atoms with Gasteiger partial charge in [0, 0.05) is 20.4 Å². The third-order valence-electron chi connectivity index (χ3n) is 3.30. The Morgan fingerprint density at radius 1 is 1.35 bits per heavy atom. The summed E-state index contributed by atoms with van der Waals surface area (Å²) in [6, 6.07) is 8.66. The van der Waals surface area contributed by atoms with Crippen molar-refractivity contribution in [2.24, 2.45) is 0 Å². The number of halogens is 2. The summed E-state index contributed by atoms with van der Waals surface area (Å²) in [7, 11) is 0. The second-order valence-electron chi connectivity index (χ2n) is 4.91. The van der Waals surface area contributed by atoms with E-state index >= 15 is 0 Å². The Hall–Kier alpha value is -0.350. The smallest absolute Gasteiger partial charge is 0.0458 e. The number of aryl methyl sites for hydroxylation is 1. The minimum atomic E-state index is 0.341. The first-order chi connectivity index (χ1) is 9.61. The van der Waals surface area contributed by atoms with Crippen molar-refractivity contribution >= 4 is 38.9 Å². The Bertz CT molecular complexity index is 567. The van der Waals surface area contributed by atoms with Crippen molar-refractivity contribution < 1.29 is 0 Å². The molecule has 1 aromatic carbocycles. The van der Waals surface area contributed by atoms with E-state index in [1.807, 2.05) is 17.4 Å². The van der Waals surface area contributed by atoms with Crippen molar-refractivity contribution in [3.8, 4) is 0 Å². The number of rotatable bonds is 6. The highest BCUT2D eigenvalue weighted by Gasteiger charge is 2.16. The number of benzene rings is 1. The molecule has 108 valence electrons. The summed E-state index contributed by atoms with van der Waals surface area (Å²) in [5.74, 6) is 0. The third-order valence-corrected chi connectivity index (χ3v) is 5.28. The highest BCUT2D eigenvalue weighted by molar-refractivity contribution is 9.10. The molecule has 1 nitrogen and oxygen atoms in total. The monoisotopic (exact) mass is 371 g/mol. The summed E-state index contributed by atoms with van der Waals surface area (Å²) in [5.41, 5.74) is 2.55. The molecule has 1 atom stereocenters. The molecular formula is C16H19BrClNS. The lowest BCUT2D eigenvalue weighted by Crippen LogP contribution is -2.24. The molecule has 4 heteroatoms. The fourth-order valence-electron chi connectivity index (χ4n) is 2.22. The summed E-state index contributed by atoms with van der Waals surface area (Å²) in [4.78, 5) is 1.41. The second kappa shape index (κ2) is 7.60. The maximum atomic E-state index is 6.35. The average molecular weight is 373 g/mol. The first-order valence-electron chi connectivity index (χ1n) is 6.83. The van der Waals surface area contributed by atoms with Crippen molar-refractivity contribution in [2.75, 3.05) is 6.54 Å². The second-order valence-corrected chi connectivity index (χ2v) is 7.18. The standard InChI is InChI=1S/C16H19BrClNS/c1-3-7-19-15(16-11(2)6-8-20-16)9-12-4-5-13(17)10-14(12)18/h4-6,8,10,15,19H,3,7,9H2,1-2H3. The first-order valence-corrected chi connectivity index (χ1v) is 8.88. The molecule has 2 aromatic rings. The molecule has 20 heavy (non-hydrogen) atoms. The maximum absolute atomic E-state index is 6.35. The summed E-state index contributed by atoms with van der Waals surface area (Å²) in [6.07, 6.45) is 2.06. The Morgan fingerprint density at radius 3 is 2.75 bits per heavy atom. The number of nitrogens with one attached hydrogen (secondary N) is 1. The molecule has 0 amide bonds. The molecule has 1 heterocycles. The van der Waals surface area contributed by atoms with Gasteiger partial charge in [-0.1, -0.05) is 40.5 Å². The van der Waals surface area contributed by atoms with E-state index in [0.29, 0.717) is 6.04 Å². The highest BCUT2D eigenvalue weighted by atomic mass is 79.9. The van der Waals surface area contributed by atoms with Gasteiger partial charge in [0.25, 0.3) is 0 Å². The molecule has 2 rings (SSSR count). The van der Waals surface area contributed by atoms with Crippen LogP contribution in [0.1, 0.15) is 35.4 Å². The first kappa shape index (κ1) is 16.0. The van der Waals surface area contributed by atoms with Crippen molar-refractivity contribution in [1.29, 1.82) is 0 Å². The molecule has 0 aliphatic heterocycles. The van der Waals surface area contributed by atoms with Crippen LogP contribution in [0, 0.1) is 6.92 Å². The molecule has 0 spiro atoms. The van der Waals surface area contributed by atoms with Crippen molar-refractivity contribution in [1.82, 2.24) is 5.32 Å². The summed E-state index contributed by atoms with van der Waals surface area (Å²) in [6.45, 7) is 5.39. The van der Waals surface area contributed by atoms with Crippen LogP contribution in [0.4, 0.5) is 0 Å². The maximum Gasteiger partial charge on any atom is 0.0458 e. The van der Waals surface area contributed by atoms with Gasteiger partial charge in [-0.2, -0.15) is 0 Å². The fraction of sp³-hybridized carbons (Fsp3) is 0.375. The van der Waals surface area contributed by atoms with Crippen LogP contribution in [0.2, 0.25) is 5.02 Å². The molecule has 0 aliphatic carbocycles. The number of thiophene rings is 1. The third kappa shape index (κ3) is 4.08. The van der Waals surface area contributed by atoms with E-state index in [-0.39, 0.29) is 0 Å². The van der Waals surface area contributed by atoms with E-state index < -0.39 is 0 Å². The molecule has 1 N–H and O–H groups in total. The molecule has 0 fully saturated rings. The quantitative estimate of drug-likeness (QED) is 0.680. The largest absolute Gasteiger partial charge is 0.309 e. The minimum Gasteiger partial charge on any atom is -0.309 e. The van der Waals surface area contributed by atoms with Crippen LogP contribution in [0.15, 0.2) is 34.1 Å². The molecule has 0 bridgehead atoms. The van der Waals surface area contributed by atoms with E-state index in [1.165, 1.54) is 16.0 Å². The van der Waals surface area contributed by atoms with Crippen LogP contribution < -0.4 is 5.32 Å². The molecular weight excluding hydrogens is 354 g/mol. The van der Waals surface area contributed by atoms with Crippen LogP contribution in [-0.4, -0.2) is 6.54 Å². The van der Waals surface area contributed by atoms with E-state index in [2.05, 4.69) is 58.7 Å². The van der Waals surface area contributed by atoms with Gasteiger partial charge >= 0.3 is 0 Å². The van der Waals surface area contributed by atoms with Gasteiger partial charge in [-0.3, -0.25) is 0 Å². The van der Waals surface area contributed by atoms with Gasteiger partial charge in [0.2, 0.25) is 0 Å². The Balaban J connectivity index is 2.21. The SMILES string of the molecule is CCCNC(Cc1ccc(Br)cc1Cl)c1sccc1C. The van der Waals surface area contributed by atoms with E-state index in [9.17, 15) is 0 Å². The van der Waals surface area contributed by atoms with Gasteiger partial charge in [-0.05, 0) is 61.0 Å². The molecule has 0 aliphatic rings. The minimum absolute atomic E-state index is 0.341. The normalized spacial score (nSPS) is 12.6. The van der Waals surface area contributed by atoms with Crippen molar-refractivity contribution in [3.63, 3.8) is 0 Å². The lowest BCUT2D eigenvalue weighted by atomic mass is 10.0. The molecule has 0 saturated carbocycles. The van der Waals surface area contributed by atoms with Gasteiger partial charge in [0.15, 0.2) is 0 Å². The van der Waals surface area contributed by atoms with Crippen LogP contribution in [0.5, 0.6) is 0 Å². The van der Waals surface area contributed by atoms with Crippen LogP contribution in [0.3, 0.4) is 0 Å². The van der Waals surface area contributed by atoms with E-state index in [4.69, 9.17) is 11.6 Å². The van der Waals surface area contributed by atoms with Crippen LogP contribution in [0.25, 0.3) is 0 Å². The van der Waals surface area contributed by atoms with Gasteiger partial charge in [-0.25, -0.2) is 0 Å². The summed E-state index contributed by atoms with van der Waals surface area (Å²) >= 11 is 11.6. The van der Waals surface area contributed by atoms with Crippen LogP contribution >= 0.6 is 38.9 Å². The number of hydrogen-bond acceptors (Lipinski definition) is 2. The van der Waals surface area contributed by atoms with E-state index in [1.54, 1.807) is 0 Å². The van der Waals surface area contributed by atoms with Gasteiger partial charge in [-0.15, -0.1) is 11.3 Å². The zero-order valence-corrected chi connectivity index (χ0v) is 14.9. The summed E-state index contributed by atoms with van der Waals surface area (Å²) in [5, 5.41) is 6.63. The fourth-order valence-corrected chi connectivity index (χ4v) is 3.98. The Labute approximate surface area is 138 Å². The summed E-state index contributed by atoms with van der Waals surface area (Å²) < 4.78 is 1.02.